The highest BCUT2D eigenvalue weighted by Gasteiger charge is 2.25. The lowest BCUT2D eigenvalue weighted by molar-refractivity contribution is -0.115. The number of rotatable bonds is 8. The molecule has 2 amide bonds. The summed E-state index contributed by atoms with van der Waals surface area (Å²) in [7, 11) is 0. The number of nitrogens with one attached hydrogen (secondary N) is 1. The first-order chi connectivity index (χ1) is 17.8. The number of nitrogens with zero attached hydrogens (tertiary/aromatic N) is 1. The summed E-state index contributed by atoms with van der Waals surface area (Å²) < 4.78 is 12.4. The second-order valence-corrected chi connectivity index (χ2v) is 9.58. The fraction of sp³-hybridized carbons (Fsp3) is 0.111. The van der Waals surface area contributed by atoms with Gasteiger partial charge in [-0.1, -0.05) is 46.3 Å². The molecule has 3 aromatic rings. The van der Waals surface area contributed by atoms with E-state index in [2.05, 4.69) is 26.2 Å². The Balaban J connectivity index is 1.52. The number of halogens is 1. The molecule has 0 atom stereocenters. The molecular formula is C27H21BrN2O6S. The fourth-order valence-electron chi connectivity index (χ4n) is 3.31. The summed E-state index contributed by atoms with van der Waals surface area (Å²) in [6.07, 6.45) is 1.68. The predicted molar refractivity (Wildman–Crippen MR) is 145 cm³/mol. The molecule has 0 aliphatic carbocycles. The van der Waals surface area contributed by atoms with E-state index in [9.17, 15) is 14.4 Å². The summed E-state index contributed by atoms with van der Waals surface area (Å²) in [5.41, 5.74) is 2.10. The highest BCUT2D eigenvalue weighted by Crippen LogP contribution is 2.37. The number of ether oxygens (including phenoxy) is 2. The Morgan fingerprint density at radius 2 is 1.73 bits per heavy atom. The number of aliphatic imine (C=N–C) groups is 1. The molecule has 0 unspecified atom stereocenters. The van der Waals surface area contributed by atoms with Crippen molar-refractivity contribution >= 4 is 56.7 Å². The summed E-state index contributed by atoms with van der Waals surface area (Å²) in [6, 6.07) is 18.5. The molecule has 0 aromatic heterocycles. The zero-order chi connectivity index (χ0) is 26.4. The van der Waals surface area contributed by atoms with Gasteiger partial charge in [0.1, 0.15) is 6.61 Å². The third kappa shape index (κ3) is 6.66. The number of carboxylic acid groups (broad SMARTS) is 1. The molecule has 0 spiro atoms. The minimum absolute atomic E-state index is 0.199. The quantitative estimate of drug-likeness (QED) is 0.337. The molecule has 1 aliphatic heterocycles. The van der Waals surface area contributed by atoms with E-state index in [1.807, 2.05) is 6.92 Å². The van der Waals surface area contributed by atoms with E-state index in [1.54, 1.807) is 60.7 Å². The van der Waals surface area contributed by atoms with Crippen molar-refractivity contribution in [3.05, 3.63) is 98.4 Å². The van der Waals surface area contributed by atoms with Gasteiger partial charge in [0.2, 0.25) is 0 Å². The molecule has 0 radical (unpaired) electrons. The van der Waals surface area contributed by atoms with Crippen LogP contribution in [0.3, 0.4) is 0 Å². The van der Waals surface area contributed by atoms with Crippen molar-refractivity contribution in [2.24, 2.45) is 4.99 Å². The average Bonchev–Trinajstić information content (AvgIpc) is 3.23. The van der Waals surface area contributed by atoms with Gasteiger partial charge in [0.25, 0.3) is 11.8 Å². The van der Waals surface area contributed by atoms with Gasteiger partial charge < -0.3 is 19.9 Å². The third-order valence-corrected chi connectivity index (χ3v) is 6.72. The van der Waals surface area contributed by atoms with Crippen molar-refractivity contribution in [2.45, 2.75) is 13.5 Å². The Morgan fingerprint density at radius 3 is 2.41 bits per heavy atom. The number of aromatic carboxylic acids is 1. The van der Waals surface area contributed by atoms with Gasteiger partial charge in [0, 0.05) is 10.0 Å². The zero-order valence-corrected chi connectivity index (χ0v) is 22.0. The Bertz CT molecular complexity index is 1400. The third-order valence-electron chi connectivity index (χ3n) is 5.12. The number of hydrogen-bond donors (Lipinski definition) is 2. The van der Waals surface area contributed by atoms with Gasteiger partial charge in [-0.05, 0) is 72.3 Å². The summed E-state index contributed by atoms with van der Waals surface area (Å²) >= 11 is 4.60. The van der Waals surface area contributed by atoms with Gasteiger partial charge in [-0.2, -0.15) is 4.99 Å². The second kappa shape index (κ2) is 11.9. The number of carbonyl (C=O) groups is 3. The van der Waals surface area contributed by atoms with Crippen LogP contribution in [0.1, 0.15) is 38.8 Å². The molecule has 8 nitrogen and oxygen atoms in total. The minimum atomic E-state index is -0.991. The maximum Gasteiger partial charge on any atom is 0.335 e. The van der Waals surface area contributed by atoms with Crippen molar-refractivity contribution in [1.29, 1.82) is 0 Å². The number of amidine groups is 1. The Hall–Kier alpha value is -3.89. The average molecular weight is 581 g/mol. The molecule has 37 heavy (non-hydrogen) atoms. The highest BCUT2D eigenvalue weighted by atomic mass is 79.9. The predicted octanol–water partition coefficient (Wildman–Crippen LogP) is 5.53. The number of amides is 2. The molecule has 2 N–H and O–H groups in total. The van der Waals surface area contributed by atoms with Crippen LogP contribution in [-0.2, 0) is 11.4 Å². The number of hydrogen-bond acceptors (Lipinski definition) is 6. The van der Waals surface area contributed by atoms with Crippen LogP contribution in [0.5, 0.6) is 11.5 Å². The van der Waals surface area contributed by atoms with Gasteiger partial charge in [-0.15, -0.1) is 0 Å². The fourth-order valence-corrected chi connectivity index (χ4v) is 4.55. The van der Waals surface area contributed by atoms with E-state index >= 15 is 0 Å². The van der Waals surface area contributed by atoms with Gasteiger partial charge in [0.05, 0.1) is 17.1 Å². The SMILES string of the molecule is CCOc1cc(/C=C2\SC(=NC(=O)c3ccccc3)NC2=O)c(Br)cc1OCc1ccc(C(=O)O)cc1. The Kier molecular flexibility index (Phi) is 8.42. The molecule has 4 rings (SSSR count). The van der Waals surface area contributed by atoms with Crippen molar-refractivity contribution in [2.75, 3.05) is 6.61 Å². The van der Waals surface area contributed by atoms with E-state index in [0.29, 0.717) is 38.6 Å². The Labute approximate surface area is 225 Å². The first kappa shape index (κ1) is 26.2. The molecular weight excluding hydrogens is 560 g/mol. The van der Waals surface area contributed by atoms with Crippen LogP contribution in [0.15, 0.2) is 81.1 Å². The standard InChI is InChI=1S/C27H21BrN2O6S/c1-2-35-21-12-19(20(28)14-22(21)36-15-16-8-10-18(11-9-16)26(33)34)13-23-25(32)30-27(37-23)29-24(31)17-6-4-3-5-7-17/h3-14H,2,15H2,1H3,(H,33,34)(H,29,30,31,32)/b23-13-. The van der Waals surface area contributed by atoms with Crippen LogP contribution in [0, 0.1) is 0 Å². The molecule has 0 saturated carbocycles. The monoisotopic (exact) mass is 580 g/mol. The molecule has 0 bridgehead atoms. The lowest BCUT2D eigenvalue weighted by Gasteiger charge is -2.14. The van der Waals surface area contributed by atoms with Crippen LogP contribution >= 0.6 is 27.7 Å². The molecule has 1 aliphatic rings. The zero-order valence-electron chi connectivity index (χ0n) is 19.6. The minimum Gasteiger partial charge on any atom is -0.490 e. The van der Waals surface area contributed by atoms with E-state index in [4.69, 9.17) is 14.6 Å². The molecule has 1 heterocycles. The number of benzene rings is 3. The molecule has 1 fully saturated rings. The first-order valence-corrected chi connectivity index (χ1v) is 12.8. The van der Waals surface area contributed by atoms with Crippen LogP contribution in [0.2, 0.25) is 0 Å². The van der Waals surface area contributed by atoms with Gasteiger partial charge in [-0.3, -0.25) is 9.59 Å². The van der Waals surface area contributed by atoms with Gasteiger partial charge in [-0.25, -0.2) is 4.79 Å². The summed E-state index contributed by atoms with van der Waals surface area (Å²) in [4.78, 5) is 40.3. The summed E-state index contributed by atoms with van der Waals surface area (Å²) in [5, 5.41) is 11.9. The van der Waals surface area contributed by atoms with Crippen LogP contribution in [0.4, 0.5) is 0 Å². The molecule has 188 valence electrons. The van der Waals surface area contributed by atoms with E-state index in [1.165, 1.54) is 12.1 Å². The van der Waals surface area contributed by atoms with Crippen molar-refractivity contribution in [3.63, 3.8) is 0 Å². The van der Waals surface area contributed by atoms with Crippen LogP contribution in [-0.4, -0.2) is 34.7 Å². The first-order valence-electron chi connectivity index (χ1n) is 11.1. The summed E-state index contributed by atoms with van der Waals surface area (Å²) in [6.45, 7) is 2.46. The maximum absolute atomic E-state index is 12.5. The maximum atomic E-state index is 12.5. The van der Waals surface area contributed by atoms with E-state index in [-0.39, 0.29) is 23.2 Å². The topological polar surface area (TPSA) is 114 Å². The lowest BCUT2D eigenvalue weighted by atomic mass is 10.1. The Morgan fingerprint density at radius 1 is 1.03 bits per heavy atom. The molecule has 1 saturated heterocycles. The van der Waals surface area contributed by atoms with Crippen molar-refractivity contribution in [1.82, 2.24) is 5.32 Å². The smallest absolute Gasteiger partial charge is 0.335 e. The van der Waals surface area contributed by atoms with E-state index < -0.39 is 11.9 Å². The van der Waals surface area contributed by atoms with Crippen LogP contribution < -0.4 is 14.8 Å². The van der Waals surface area contributed by atoms with Crippen molar-refractivity contribution in [3.8, 4) is 11.5 Å². The molecule has 10 heteroatoms. The lowest BCUT2D eigenvalue weighted by Crippen LogP contribution is -2.20. The number of carbonyl (C=O) groups excluding carboxylic acids is 2. The normalized spacial score (nSPS) is 15.0. The molecule has 3 aromatic carbocycles. The largest absolute Gasteiger partial charge is 0.490 e. The highest BCUT2D eigenvalue weighted by molar-refractivity contribution is 9.10. The van der Waals surface area contributed by atoms with E-state index in [0.717, 1.165) is 17.3 Å². The van der Waals surface area contributed by atoms with Gasteiger partial charge in [0.15, 0.2) is 16.7 Å². The second-order valence-electron chi connectivity index (χ2n) is 7.70. The van der Waals surface area contributed by atoms with Crippen LogP contribution in [0.25, 0.3) is 6.08 Å². The number of carboxylic acids is 1. The summed E-state index contributed by atoms with van der Waals surface area (Å²) in [5.74, 6) is -0.827. The van der Waals surface area contributed by atoms with Gasteiger partial charge >= 0.3 is 5.97 Å². The van der Waals surface area contributed by atoms with Crippen molar-refractivity contribution < 1.29 is 29.0 Å². The number of thioether (sulfide) groups is 1.